The molecule has 0 saturated heterocycles. The van der Waals surface area contributed by atoms with E-state index in [2.05, 4.69) is 26.1 Å². The molecule has 0 amide bonds. The first-order valence-electron chi connectivity index (χ1n) is 4.38. The van der Waals surface area contributed by atoms with Crippen LogP contribution >= 0.6 is 0 Å². The van der Waals surface area contributed by atoms with Gasteiger partial charge in [-0.2, -0.15) is 0 Å². The lowest BCUT2D eigenvalue weighted by Crippen LogP contribution is -2.35. The van der Waals surface area contributed by atoms with Crippen LogP contribution in [0.4, 0.5) is 0 Å². The molecule has 0 aliphatic carbocycles. The van der Waals surface area contributed by atoms with Gasteiger partial charge in [0.05, 0.1) is 0 Å². The second-order valence-electron chi connectivity index (χ2n) is 4.22. The highest BCUT2D eigenvalue weighted by Crippen LogP contribution is 2.20. The van der Waals surface area contributed by atoms with Crippen LogP contribution in [-0.4, -0.2) is 19.6 Å². The van der Waals surface area contributed by atoms with Gasteiger partial charge in [0.2, 0.25) is 0 Å². The maximum atomic E-state index is 5.96. The van der Waals surface area contributed by atoms with E-state index in [9.17, 15) is 0 Å². The SMILES string of the molecule is CNCCCC(N)C(C)(C)C. The first-order chi connectivity index (χ1) is 4.98. The molecular formula is C9H22N2. The summed E-state index contributed by atoms with van der Waals surface area (Å²) in [7, 11) is 1.97. The molecular weight excluding hydrogens is 136 g/mol. The van der Waals surface area contributed by atoms with Crippen molar-refractivity contribution in [3.63, 3.8) is 0 Å². The van der Waals surface area contributed by atoms with Crippen molar-refractivity contribution in [2.24, 2.45) is 11.1 Å². The van der Waals surface area contributed by atoms with Crippen LogP contribution in [0, 0.1) is 5.41 Å². The third-order valence-electron chi connectivity index (χ3n) is 2.05. The fraction of sp³-hybridized carbons (Fsp3) is 1.00. The minimum absolute atomic E-state index is 0.258. The lowest BCUT2D eigenvalue weighted by atomic mass is 9.85. The maximum Gasteiger partial charge on any atom is 0.00881 e. The molecule has 2 nitrogen and oxygen atoms in total. The van der Waals surface area contributed by atoms with Crippen molar-refractivity contribution in [2.75, 3.05) is 13.6 Å². The quantitative estimate of drug-likeness (QED) is 0.606. The highest BCUT2D eigenvalue weighted by molar-refractivity contribution is 4.76. The van der Waals surface area contributed by atoms with Gasteiger partial charge < -0.3 is 11.1 Å². The standard InChI is InChI=1S/C9H22N2/c1-9(2,3)8(10)6-5-7-11-4/h8,11H,5-7,10H2,1-4H3. The van der Waals surface area contributed by atoms with Gasteiger partial charge in [0, 0.05) is 6.04 Å². The lowest BCUT2D eigenvalue weighted by molar-refractivity contribution is 0.301. The minimum Gasteiger partial charge on any atom is -0.327 e. The molecule has 11 heavy (non-hydrogen) atoms. The van der Waals surface area contributed by atoms with Crippen LogP contribution in [0.3, 0.4) is 0 Å². The molecule has 0 bridgehead atoms. The van der Waals surface area contributed by atoms with Gasteiger partial charge in [-0.1, -0.05) is 20.8 Å². The van der Waals surface area contributed by atoms with Crippen LogP contribution in [0.25, 0.3) is 0 Å². The molecule has 68 valence electrons. The van der Waals surface area contributed by atoms with Gasteiger partial charge in [-0.15, -0.1) is 0 Å². The minimum atomic E-state index is 0.258. The number of hydrogen-bond acceptors (Lipinski definition) is 2. The number of nitrogens with two attached hydrogens (primary N) is 1. The Morgan fingerprint density at radius 2 is 1.91 bits per heavy atom. The molecule has 0 radical (unpaired) electrons. The molecule has 0 spiro atoms. The Kier molecular flexibility index (Phi) is 4.69. The van der Waals surface area contributed by atoms with Crippen molar-refractivity contribution in [1.82, 2.24) is 5.32 Å². The highest BCUT2D eigenvalue weighted by Gasteiger charge is 2.19. The van der Waals surface area contributed by atoms with E-state index >= 15 is 0 Å². The normalized spacial score (nSPS) is 15.0. The van der Waals surface area contributed by atoms with E-state index in [0.717, 1.165) is 13.0 Å². The van der Waals surface area contributed by atoms with Crippen molar-refractivity contribution in [2.45, 2.75) is 39.7 Å². The zero-order valence-corrected chi connectivity index (χ0v) is 8.28. The molecule has 0 aliphatic rings. The molecule has 2 heteroatoms. The van der Waals surface area contributed by atoms with Gasteiger partial charge in [0.15, 0.2) is 0 Å². The number of rotatable bonds is 4. The molecule has 1 unspecified atom stereocenters. The fourth-order valence-electron chi connectivity index (χ4n) is 0.932. The average Bonchev–Trinajstić information content (AvgIpc) is 1.86. The molecule has 3 N–H and O–H groups in total. The van der Waals surface area contributed by atoms with E-state index in [4.69, 9.17) is 5.73 Å². The summed E-state index contributed by atoms with van der Waals surface area (Å²) in [6, 6.07) is 0.329. The van der Waals surface area contributed by atoms with E-state index in [1.807, 2.05) is 7.05 Å². The predicted octanol–water partition coefficient (Wildman–Crippen LogP) is 1.36. The van der Waals surface area contributed by atoms with Crippen LogP contribution in [0.2, 0.25) is 0 Å². The van der Waals surface area contributed by atoms with Gasteiger partial charge in [-0.3, -0.25) is 0 Å². The van der Waals surface area contributed by atoms with Crippen molar-refractivity contribution in [3.05, 3.63) is 0 Å². The second-order valence-corrected chi connectivity index (χ2v) is 4.22. The summed E-state index contributed by atoms with van der Waals surface area (Å²) in [5.74, 6) is 0. The number of hydrogen-bond donors (Lipinski definition) is 2. The summed E-state index contributed by atoms with van der Waals surface area (Å²) in [5, 5.41) is 3.12. The van der Waals surface area contributed by atoms with Gasteiger partial charge in [0.1, 0.15) is 0 Å². The summed E-state index contributed by atoms with van der Waals surface area (Å²) in [6.45, 7) is 7.65. The largest absolute Gasteiger partial charge is 0.327 e. The van der Waals surface area contributed by atoms with E-state index in [1.54, 1.807) is 0 Å². The first kappa shape index (κ1) is 10.9. The molecule has 0 aromatic carbocycles. The lowest BCUT2D eigenvalue weighted by Gasteiger charge is -2.26. The van der Waals surface area contributed by atoms with Crippen LogP contribution in [0.1, 0.15) is 33.6 Å². The summed E-state index contributed by atoms with van der Waals surface area (Å²) >= 11 is 0. The predicted molar refractivity (Wildman–Crippen MR) is 50.6 cm³/mol. The summed E-state index contributed by atoms with van der Waals surface area (Å²) in [5.41, 5.74) is 6.22. The second kappa shape index (κ2) is 4.73. The molecule has 0 heterocycles. The van der Waals surface area contributed by atoms with Gasteiger partial charge in [-0.05, 0) is 31.8 Å². The monoisotopic (exact) mass is 158 g/mol. The Labute approximate surface area is 70.5 Å². The van der Waals surface area contributed by atoms with Gasteiger partial charge in [0.25, 0.3) is 0 Å². The van der Waals surface area contributed by atoms with E-state index in [0.29, 0.717) is 6.04 Å². The fourth-order valence-corrected chi connectivity index (χ4v) is 0.932. The van der Waals surface area contributed by atoms with E-state index in [-0.39, 0.29) is 5.41 Å². The Hall–Kier alpha value is -0.0800. The van der Waals surface area contributed by atoms with Crippen molar-refractivity contribution < 1.29 is 0 Å². The van der Waals surface area contributed by atoms with Crippen LogP contribution in [0.5, 0.6) is 0 Å². The Morgan fingerprint density at radius 3 is 2.27 bits per heavy atom. The molecule has 0 aromatic rings. The topological polar surface area (TPSA) is 38.0 Å². The Balaban J connectivity index is 3.44. The first-order valence-corrected chi connectivity index (χ1v) is 4.38. The molecule has 0 saturated carbocycles. The molecule has 0 rings (SSSR count). The van der Waals surface area contributed by atoms with Gasteiger partial charge >= 0.3 is 0 Å². The maximum absolute atomic E-state index is 5.96. The van der Waals surface area contributed by atoms with Crippen LogP contribution in [0.15, 0.2) is 0 Å². The van der Waals surface area contributed by atoms with E-state index in [1.165, 1.54) is 6.42 Å². The van der Waals surface area contributed by atoms with Gasteiger partial charge in [-0.25, -0.2) is 0 Å². The molecule has 1 atom stereocenters. The summed E-state index contributed by atoms with van der Waals surface area (Å²) in [6.07, 6.45) is 2.29. The Morgan fingerprint density at radius 1 is 1.36 bits per heavy atom. The third-order valence-corrected chi connectivity index (χ3v) is 2.05. The van der Waals surface area contributed by atoms with E-state index < -0.39 is 0 Å². The third kappa shape index (κ3) is 5.22. The zero-order valence-electron chi connectivity index (χ0n) is 8.28. The van der Waals surface area contributed by atoms with Crippen LogP contribution in [-0.2, 0) is 0 Å². The molecule has 0 aromatic heterocycles. The van der Waals surface area contributed by atoms with Crippen molar-refractivity contribution in [1.29, 1.82) is 0 Å². The number of nitrogens with one attached hydrogen (secondary N) is 1. The summed E-state index contributed by atoms with van der Waals surface area (Å²) in [4.78, 5) is 0. The summed E-state index contributed by atoms with van der Waals surface area (Å²) < 4.78 is 0. The Bertz CT molecular complexity index is 94.2. The zero-order chi connectivity index (χ0) is 8.91. The highest BCUT2D eigenvalue weighted by atomic mass is 14.8. The molecule has 0 fully saturated rings. The van der Waals surface area contributed by atoms with Crippen molar-refractivity contribution >= 4 is 0 Å². The molecule has 0 aliphatic heterocycles. The van der Waals surface area contributed by atoms with Crippen LogP contribution < -0.4 is 11.1 Å². The average molecular weight is 158 g/mol. The van der Waals surface area contributed by atoms with Crippen molar-refractivity contribution in [3.8, 4) is 0 Å². The smallest absolute Gasteiger partial charge is 0.00881 e.